The van der Waals surface area contributed by atoms with Gasteiger partial charge in [0, 0.05) is 23.7 Å². The third-order valence-corrected chi connectivity index (χ3v) is 2.87. The van der Waals surface area contributed by atoms with Gasteiger partial charge in [-0.15, -0.1) is 0 Å². The summed E-state index contributed by atoms with van der Waals surface area (Å²) in [6.07, 6.45) is 3.52. The van der Waals surface area contributed by atoms with Crippen molar-refractivity contribution < 1.29 is 0 Å². The summed E-state index contributed by atoms with van der Waals surface area (Å²) in [6, 6.07) is 2.55. The van der Waals surface area contributed by atoms with E-state index in [0.717, 1.165) is 23.8 Å². The summed E-state index contributed by atoms with van der Waals surface area (Å²) in [5, 5.41) is 3.51. The lowest BCUT2D eigenvalue weighted by atomic mass is 10.1. The average molecular weight is 235 g/mol. The number of hydrogen-bond acceptors (Lipinski definition) is 3. The smallest absolute Gasteiger partial charge is 0.133 e. The van der Waals surface area contributed by atoms with Crippen LogP contribution in [0.1, 0.15) is 64.4 Å². The van der Waals surface area contributed by atoms with E-state index in [2.05, 4.69) is 43.0 Å². The van der Waals surface area contributed by atoms with E-state index in [1.807, 2.05) is 13.0 Å². The van der Waals surface area contributed by atoms with Crippen molar-refractivity contribution in [2.75, 3.05) is 5.32 Å². The van der Waals surface area contributed by atoms with Crippen LogP contribution in [0.5, 0.6) is 0 Å². The fraction of sp³-hybridized carbons (Fsp3) is 0.714. The zero-order chi connectivity index (χ0) is 12.8. The molecule has 0 spiro atoms. The Morgan fingerprint density at radius 3 is 2.47 bits per heavy atom. The summed E-state index contributed by atoms with van der Waals surface area (Å²) in [7, 11) is 0. The Balaban J connectivity index is 2.82. The zero-order valence-electron chi connectivity index (χ0n) is 11.7. The normalized spacial score (nSPS) is 12.8. The van der Waals surface area contributed by atoms with Gasteiger partial charge in [0.15, 0.2) is 0 Å². The minimum Gasteiger partial charge on any atom is -0.367 e. The first kappa shape index (κ1) is 13.9. The maximum absolute atomic E-state index is 4.58. The van der Waals surface area contributed by atoms with Crippen molar-refractivity contribution >= 4 is 5.82 Å². The van der Waals surface area contributed by atoms with E-state index < -0.39 is 0 Å². The van der Waals surface area contributed by atoms with Crippen LogP contribution in [0.2, 0.25) is 0 Å². The first-order valence-electron chi connectivity index (χ1n) is 6.68. The Morgan fingerprint density at radius 2 is 1.94 bits per heavy atom. The second-order valence-corrected chi connectivity index (χ2v) is 4.95. The van der Waals surface area contributed by atoms with Crippen LogP contribution in [0.15, 0.2) is 6.07 Å². The van der Waals surface area contributed by atoms with E-state index in [4.69, 9.17) is 0 Å². The van der Waals surface area contributed by atoms with Gasteiger partial charge in [0.2, 0.25) is 0 Å². The molecular weight excluding hydrogens is 210 g/mol. The highest BCUT2D eigenvalue weighted by Gasteiger charge is 2.09. The molecular formula is C14H25N3. The Hall–Kier alpha value is -1.12. The standard InChI is InChI=1S/C14H25N3/c1-6-8-12(7-2)16-13-9-11(5)15-14(17-13)10(3)4/h9-10,12H,6-8H2,1-5H3,(H,15,16,17). The quantitative estimate of drug-likeness (QED) is 0.812. The van der Waals surface area contributed by atoms with Crippen LogP contribution in [-0.4, -0.2) is 16.0 Å². The molecule has 1 aromatic rings. The average Bonchev–Trinajstić information content (AvgIpc) is 2.27. The molecule has 0 aliphatic rings. The van der Waals surface area contributed by atoms with Crippen LogP contribution in [0, 0.1) is 6.92 Å². The van der Waals surface area contributed by atoms with E-state index in [9.17, 15) is 0 Å². The first-order valence-corrected chi connectivity index (χ1v) is 6.68. The van der Waals surface area contributed by atoms with E-state index in [0.29, 0.717) is 12.0 Å². The molecule has 0 saturated carbocycles. The summed E-state index contributed by atoms with van der Waals surface area (Å²) >= 11 is 0. The molecule has 1 aromatic heterocycles. The van der Waals surface area contributed by atoms with Crippen molar-refractivity contribution in [2.24, 2.45) is 0 Å². The number of rotatable bonds is 6. The summed E-state index contributed by atoms with van der Waals surface area (Å²) in [4.78, 5) is 9.04. The summed E-state index contributed by atoms with van der Waals surface area (Å²) in [6.45, 7) is 10.7. The van der Waals surface area contributed by atoms with Gasteiger partial charge in [-0.3, -0.25) is 0 Å². The summed E-state index contributed by atoms with van der Waals surface area (Å²) in [5.41, 5.74) is 1.04. The second kappa shape index (κ2) is 6.58. The molecule has 0 aliphatic carbocycles. The molecule has 1 N–H and O–H groups in total. The number of nitrogens with zero attached hydrogens (tertiary/aromatic N) is 2. The van der Waals surface area contributed by atoms with Crippen molar-refractivity contribution in [1.29, 1.82) is 0 Å². The summed E-state index contributed by atoms with van der Waals surface area (Å²) < 4.78 is 0. The first-order chi connectivity index (χ1) is 8.06. The maximum Gasteiger partial charge on any atom is 0.133 e. The molecule has 3 nitrogen and oxygen atoms in total. The van der Waals surface area contributed by atoms with Crippen molar-refractivity contribution in [3.8, 4) is 0 Å². The molecule has 0 aliphatic heterocycles. The second-order valence-electron chi connectivity index (χ2n) is 4.95. The topological polar surface area (TPSA) is 37.8 Å². The fourth-order valence-electron chi connectivity index (χ4n) is 1.86. The molecule has 0 saturated heterocycles. The molecule has 96 valence electrons. The lowest BCUT2D eigenvalue weighted by Gasteiger charge is -2.18. The van der Waals surface area contributed by atoms with E-state index in [-0.39, 0.29) is 0 Å². The third kappa shape index (κ3) is 4.33. The van der Waals surface area contributed by atoms with Crippen LogP contribution in [0.25, 0.3) is 0 Å². The minimum atomic E-state index is 0.377. The predicted molar refractivity (Wildman–Crippen MR) is 73.5 cm³/mol. The van der Waals surface area contributed by atoms with Gasteiger partial charge in [0.1, 0.15) is 11.6 Å². The van der Waals surface area contributed by atoms with Crippen LogP contribution in [0.3, 0.4) is 0 Å². The van der Waals surface area contributed by atoms with E-state index in [1.165, 1.54) is 12.8 Å². The predicted octanol–water partition coefficient (Wildman–Crippen LogP) is 3.90. The molecule has 17 heavy (non-hydrogen) atoms. The van der Waals surface area contributed by atoms with Gasteiger partial charge in [0.05, 0.1) is 0 Å². The van der Waals surface area contributed by atoms with Crippen LogP contribution in [0.4, 0.5) is 5.82 Å². The molecule has 0 radical (unpaired) electrons. The van der Waals surface area contributed by atoms with E-state index >= 15 is 0 Å². The largest absolute Gasteiger partial charge is 0.367 e. The number of anilines is 1. The highest BCUT2D eigenvalue weighted by Crippen LogP contribution is 2.16. The Bertz CT molecular complexity index is 347. The SMILES string of the molecule is CCCC(CC)Nc1cc(C)nc(C(C)C)n1. The zero-order valence-corrected chi connectivity index (χ0v) is 11.7. The van der Waals surface area contributed by atoms with Crippen molar-refractivity contribution in [3.05, 3.63) is 17.6 Å². The number of aromatic nitrogens is 2. The lowest BCUT2D eigenvalue weighted by Crippen LogP contribution is -2.19. The molecule has 0 bridgehead atoms. The van der Waals surface area contributed by atoms with Crippen LogP contribution >= 0.6 is 0 Å². The Morgan fingerprint density at radius 1 is 1.24 bits per heavy atom. The molecule has 0 amide bonds. The number of hydrogen-bond donors (Lipinski definition) is 1. The van der Waals surface area contributed by atoms with Gasteiger partial charge in [0.25, 0.3) is 0 Å². The highest BCUT2D eigenvalue weighted by molar-refractivity contribution is 5.37. The minimum absolute atomic E-state index is 0.377. The number of nitrogens with one attached hydrogen (secondary N) is 1. The molecule has 0 aromatic carbocycles. The van der Waals surface area contributed by atoms with Gasteiger partial charge in [-0.1, -0.05) is 34.1 Å². The van der Waals surface area contributed by atoms with E-state index in [1.54, 1.807) is 0 Å². The summed E-state index contributed by atoms with van der Waals surface area (Å²) in [5.74, 6) is 2.28. The van der Waals surface area contributed by atoms with Crippen LogP contribution in [-0.2, 0) is 0 Å². The van der Waals surface area contributed by atoms with Crippen molar-refractivity contribution in [3.63, 3.8) is 0 Å². The fourth-order valence-corrected chi connectivity index (χ4v) is 1.86. The monoisotopic (exact) mass is 235 g/mol. The molecule has 1 unspecified atom stereocenters. The third-order valence-electron chi connectivity index (χ3n) is 2.87. The van der Waals surface area contributed by atoms with Crippen LogP contribution < -0.4 is 5.32 Å². The van der Waals surface area contributed by atoms with Crippen molar-refractivity contribution in [1.82, 2.24) is 9.97 Å². The van der Waals surface area contributed by atoms with Crippen molar-refractivity contribution in [2.45, 2.75) is 65.8 Å². The molecule has 3 heteroatoms. The molecule has 1 atom stereocenters. The lowest BCUT2D eigenvalue weighted by molar-refractivity contribution is 0.618. The molecule has 1 rings (SSSR count). The van der Waals surface area contributed by atoms with Gasteiger partial charge in [-0.05, 0) is 19.8 Å². The Labute approximate surface area is 105 Å². The molecule has 0 fully saturated rings. The van der Waals surface area contributed by atoms with Gasteiger partial charge >= 0.3 is 0 Å². The number of aryl methyl sites for hydroxylation is 1. The maximum atomic E-state index is 4.58. The van der Waals surface area contributed by atoms with Gasteiger partial charge in [-0.25, -0.2) is 9.97 Å². The van der Waals surface area contributed by atoms with Gasteiger partial charge < -0.3 is 5.32 Å². The van der Waals surface area contributed by atoms with Gasteiger partial charge in [-0.2, -0.15) is 0 Å². The highest BCUT2D eigenvalue weighted by atomic mass is 15.0. The Kier molecular flexibility index (Phi) is 5.39. The molecule has 1 heterocycles.